The van der Waals surface area contributed by atoms with Crippen molar-refractivity contribution in [2.75, 3.05) is 19.6 Å². The number of hydrogen-bond acceptors (Lipinski definition) is 3. The highest BCUT2D eigenvalue weighted by atomic mass is 35.5. The standard InChI is InChI=1S/C13H15Cl2NO3/c14-11-4-3-9(6-12(11)15)19-10-2-1-5-16(7-10)8-13(17)18/h3-4,6,10H,1-2,5,7-8H2,(H,17,18)/t10-/m0/s1. The second-order valence-corrected chi connectivity index (χ2v) is 5.40. The van der Waals surface area contributed by atoms with E-state index in [4.69, 9.17) is 33.0 Å². The molecule has 1 atom stereocenters. The van der Waals surface area contributed by atoms with E-state index in [0.717, 1.165) is 19.4 Å². The van der Waals surface area contributed by atoms with Gasteiger partial charge in [-0.1, -0.05) is 23.2 Å². The molecule has 6 heteroatoms. The highest BCUT2D eigenvalue weighted by Crippen LogP contribution is 2.27. The summed E-state index contributed by atoms with van der Waals surface area (Å²) in [5.74, 6) is -0.147. The third-order valence-electron chi connectivity index (χ3n) is 3.01. The molecule has 1 N–H and O–H groups in total. The minimum absolute atomic E-state index is 0.00894. The summed E-state index contributed by atoms with van der Waals surface area (Å²) in [6.45, 7) is 1.47. The Morgan fingerprint density at radius 2 is 2.21 bits per heavy atom. The molecule has 0 amide bonds. The lowest BCUT2D eigenvalue weighted by molar-refractivity contribution is -0.138. The first-order valence-electron chi connectivity index (χ1n) is 6.10. The van der Waals surface area contributed by atoms with Crippen molar-refractivity contribution < 1.29 is 14.6 Å². The van der Waals surface area contributed by atoms with Gasteiger partial charge < -0.3 is 9.84 Å². The van der Waals surface area contributed by atoms with Crippen molar-refractivity contribution in [3.63, 3.8) is 0 Å². The Kier molecular flexibility index (Phi) is 4.91. The number of rotatable bonds is 4. The second kappa shape index (κ2) is 6.46. The van der Waals surface area contributed by atoms with Crippen LogP contribution in [0.15, 0.2) is 18.2 Å². The van der Waals surface area contributed by atoms with Crippen LogP contribution in [0.2, 0.25) is 10.0 Å². The van der Waals surface area contributed by atoms with Gasteiger partial charge in [0.25, 0.3) is 0 Å². The SMILES string of the molecule is O=C(O)CN1CCC[C@H](Oc2ccc(Cl)c(Cl)c2)C1. The number of hydrogen-bond donors (Lipinski definition) is 1. The molecule has 1 aromatic rings. The van der Waals surface area contributed by atoms with Crippen LogP contribution in [0.4, 0.5) is 0 Å². The predicted octanol–water partition coefficient (Wildman–Crippen LogP) is 2.92. The molecule has 1 aliphatic heterocycles. The lowest BCUT2D eigenvalue weighted by atomic mass is 10.1. The number of nitrogens with zero attached hydrogens (tertiary/aromatic N) is 1. The van der Waals surface area contributed by atoms with E-state index in [1.54, 1.807) is 18.2 Å². The number of benzene rings is 1. The van der Waals surface area contributed by atoms with Crippen LogP contribution >= 0.6 is 23.2 Å². The lowest BCUT2D eigenvalue weighted by Crippen LogP contribution is -2.43. The molecule has 1 saturated heterocycles. The maximum Gasteiger partial charge on any atom is 0.317 e. The quantitative estimate of drug-likeness (QED) is 0.929. The summed E-state index contributed by atoms with van der Waals surface area (Å²) < 4.78 is 5.83. The fourth-order valence-electron chi connectivity index (χ4n) is 2.19. The average molecular weight is 304 g/mol. The molecule has 0 aromatic heterocycles. The molecular formula is C13H15Cl2NO3. The predicted molar refractivity (Wildman–Crippen MR) is 74.2 cm³/mol. The Bertz CT molecular complexity index is 467. The number of piperidine rings is 1. The van der Waals surface area contributed by atoms with E-state index in [2.05, 4.69) is 0 Å². The molecule has 1 heterocycles. The van der Waals surface area contributed by atoms with E-state index in [0.29, 0.717) is 22.3 Å². The number of ether oxygens (including phenoxy) is 1. The van der Waals surface area contributed by atoms with Crippen molar-refractivity contribution in [2.24, 2.45) is 0 Å². The van der Waals surface area contributed by atoms with Gasteiger partial charge in [0.2, 0.25) is 0 Å². The number of likely N-dealkylation sites (tertiary alicyclic amines) is 1. The zero-order valence-electron chi connectivity index (χ0n) is 10.3. The summed E-state index contributed by atoms with van der Waals surface area (Å²) in [6.07, 6.45) is 1.83. The van der Waals surface area contributed by atoms with Gasteiger partial charge >= 0.3 is 5.97 Å². The molecule has 19 heavy (non-hydrogen) atoms. The van der Waals surface area contributed by atoms with Gasteiger partial charge in [-0.3, -0.25) is 9.69 Å². The van der Waals surface area contributed by atoms with Crippen LogP contribution in [0, 0.1) is 0 Å². The van der Waals surface area contributed by atoms with Crippen molar-refractivity contribution in [1.82, 2.24) is 4.90 Å². The van der Waals surface area contributed by atoms with Crippen LogP contribution in [-0.2, 0) is 4.79 Å². The summed E-state index contributed by atoms with van der Waals surface area (Å²) in [5, 5.41) is 9.74. The normalized spacial score (nSPS) is 20.2. The third-order valence-corrected chi connectivity index (χ3v) is 3.75. The van der Waals surface area contributed by atoms with Crippen molar-refractivity contribution in [2.45, 2.75) is 18.9 Å². The molecule has 0 spiro atoms. The fourth-order valence-corrected chi connectivity index (χ4v) is 2.47. The Hall–Kier alpha value is -0.970. The fraction of sp³-hybridized carbons (Fsp3) is 0.462. The summed E-state index contributed by atoms with van der Waals surface area (Å²) in [5.41, 5.74) is 0. The maximum atomic E-state index is 10.7. The topological polar surface area (TPSA) is 49.8 Å². The van der Waals surface area contributed by atoms with E-state index in [1.807, 2.05) is 4.90 Å². The van der Waals surface area contributed by atoms with Gasteiger partial charge in [-0.2, -0.15) is 0 Å². The number of aliphatic carboxylic acids is 1. The summed E-state index contributed by atoms with van der Waals surface area (Å²) in [7, 11) is 0. The largest absolute Gasteiger partial charge is 0.489 e. The Morgan fingerprint density at radius 3 is 2.89 bits per heavy atom. The molecule has 0 unspecified atom stereocenters. The van der Waals surface area contributed by atoms with Crippen molar-refractivity contribution in [3.05, 3.63) is 28.2 Å². The van der Waals surface area contributed by atoms with Gasteiger partial charge in [-0.25, -0.2) is 0 Å². The first-order valence-corrected chi connectivity index (χ1v) is 6.86. The van der Waals surface area contributed by atoms with E-state index < -0.39 is 5.97 Å². The molecule has 1 aliphatic rings. The Morgan fingerprint density at radius 1 is 1.42 bits per heavy atom. The Balaban J connectivity index is 1.94. The summed E-state index contributed by atoms with van der Waals surface area (Å²) in [6, 6.07) is 5.14. The highest BCUT2D eigenvalue weighted by molar-refractivity contribution is 6.42. The van der Waals surface area contributed by atoms with Crippen LogP contribution in [0.1, 0.15) is 12.8 Å². The Labute approximate surface area is 121 Å². The van der Waals surface area contributed by atoms with Gasteiger partial charge in [0, 0.05) is 12.6 Å². The third kappa shape index (κ3) is 4.27. The number of carbonyl (C=O) groups is 1. The molecule has 4 nitrogen and oxygen atoms in total. The minimum atomic E-state index is -0.810. The van der Waals surface area contributed by atoms with E-state index in [-0.39, 0.29) is 12.6 Å². The molecule has 0 saturated carbocycles. The van der Waals surface area contributed by atoms with Gasteiger partial charge in [0.15, 0.2) is 0 Å². The molecule has 1 fully saturated rings. The maximum absolute atomic E-state index is 10.7. The van der Waals surface area contributed by atoms with E-state index in [1.165, 1.54) is 0 Å². The number of carboxylic acid groups (broad SMARTS) is 1. The van der Waals surface area contributed by atoms with Crippen molar-refractivity contribution in [3.8, 4) is 5.75 Å². The first kappa shape index (κ1) is 14.4. The van der Waals surface area contributed by atoms with Crippen LogP contribution in [0.5, 0.6) is 5.75 Å². The molecule has 104 valence electrons. The van der Waals surface area contributed by atoms with Crippen LogP contribution in [0.3, 0.4) is 0 Å². The summed E-state index contributed by atoms with van der Waals surface area (Å²) >= 11 is 11.8. The van der Waals surface area contributed by atoms with E-state index in [9.17, 15) is 4.79 Å². The van der Waals surface area contributed by atoms with Crippen molar-refractivity contribution >= 4 is 29.2 Å². The van der Waals surface area contributed by atoms with Crippen LogP contribution < -0.4 is 4.74 Å². The molecule has 0 radical (unpaired) electrons. The number of carboxylic acids is 1. The summed E-state index contributed by atoms with van der Waals surface area (Å²) in [4.78, 5) is 12.6. The highest BCUT2D eigenvalue weighted by Gasteiger charge is 2.22. The van der Waals surface area contributed by atoms with Crippen molar-refractivity contribution in [1.29, 1.82) is 0 Å². The van der Waals surface area contributed by atoms with Gasteiger partial charge in [0.05, 0.1) is 16.6 Å². The average Bonchev–Trinajstić information content (AvgIpc) is 2.33. The zero-order valence-corrected chi connectivity index (χ0v) is 11.8. The zero-order chi connectivity index (χ0) is 13.8. The van der Waals surface area contributed by atoms with E-state index >= 15 is 0 Å². The molecule has 2 rings (SSSR count). The molecule has 0 bridgehead atoms. The van der Waals surface area contributed by atoms with Gasteiger partial charge in [-0.15, -0.1) is 0 Å². The van der Waals surface area contributed by atoms with Crippen LogP contribution in [-0.4, -0.2) is 41.7 Å². The molecule has 1 aromatic carbocycles. The minimum Gasteiger partial charge on any atom is -0.489 e. The first-order chi connectivity index (χ1) is 9.04. The second-order valence-electron chi connectivity index (χ2n) is 4.59. The number of halogens is 2. The van der Waals surface area contributed by atoms with Gasteiger partial charge in [-0.05, 0) is 31.5 Å². The lowest BCUT2D eigenvalue weighted by Gasteiger charge is -2.31. The molecule has 0 aliphatic carbocycles. The van der Waals surface area contributed by atoms with Gasteiger partial charge in [0.1, 0.15) is 11.9 Å². The smallest absolute Gasteiger partial charge is 0.317 e. The monoisotopic (exact) mass is 303 g/mol. The molecular weight excluding hydrogens is 289 g/mol. The van der Waals surface area contributed by atoms with Crippen LogP contribution in [0.25, 0.3) is 0 Å².